The van der Waals surface area contributed by atoms with Gasteiger partial charge in [-0.15, -0.1) is 0 Å². The molecule has 4 aromatic rings. The van der Waals surface area contributed by atoms with Crippen LogP contribution >= 0.6 is 0 Å². The summed E-state index contributed by atoms with van der Waals surface area (Å²) < 4.78 is 7.03. The van der Waals surface area contributed by atoms with Crippen LogP contribution < -0.4 is 10.9 Å². The van der Waals surface area contributed by atoms with Crippen LogP contribution in [0.4, 0.5) is 5.69 Å². The number of esters is 1. The summed E-state index contributed by atoms with van der Waals surface area (Å²) in [6.45, 7) is 5.67. The highest BCUT2D eigenvalue weighted by molar-refractivity contribution is 6.07. The number of aromatic nitrogens is 1. The second-order valence-electron chi connectivity index (χ2n) is 8.54. The van der Waals surface area contributed by atoms with E-state index in [9.17, 15) is 14.4 Å². The molecule has 1 aromatic heterocycles. The Morgan fingerprint density at radius 1 is 0.914 bits per heavy atom. The van der Waals surface area contributed by atoms with Crippen LogP contribution in [0, 0.1) is 13.8 Å². The lowest BCUT2D eigenvalue weighted by Gasteiger charge is -2.20. The molecule has 1 heterocycles. The van der Waals surface area contributed by atoms with Crippen molar-refractivity contribution in [2.24, 2.45) is 7.05 Å². The van der Waals surface area contributed by atoms with Crippen LogP contribution in [0.15, 0.2) is 77.6 Å². The zero-order valence-electron chi connectivity index (χ0n) is 20.3. The highest BCUT2D eigenvalue weighted by Gasteiger charge is 2.28. The van der Waals surface area contributed by atoms with Gasteiger partial charge in [-0.2, -0.15) is 0 Å². The van der Waals surface area contributed by atoms with E-state index in [0.29, 0.717) is 22.0 Å². The summed E-state index contributed by atoms with van der Waals surface area (Å²) in [6, 6.07) is 22.2. The minimum Gasteiger partial charge on any atom is -0.448 e. The Hall–Kier alpha value is -4.19. The fourth-order valence-electron chi connectivity index (χ4n) is 4.21. The molecule has 0 aliphatic heterocycles. The van der Waals surface area contributed by atoms with Crippen LogP contribution in [0.25, 0.3) is 21.9 Å². The van der Waals surface area contributed by atoms with E-state index in [4.69, 9.17) is 4.74 Å². The molecule has 0 bridgehead atoms. The Bertz CT molecular complexity index is 1470. The van der Waals surface area contributed by atoms with Gasteiger partial charge in [-0.05, 0) is 54.5 Å². The minimum absolute atomic E-state index is 0.109. The lowest BCUT2D eigenvalue weighted by Crippen LogP contribution is -2.34. The van der Waals surface area contributed by atoms with E-state index in [1.165, 1.54) is 4.57 Å². The topological polar surface area (TPSA) is 77.4 Å². The van der Waals surface area contributed by atoms with Gasteiger partial charge in [0.25, 0.3) is 11.5 Å². The highest BCUT2D eigenvalue weighted by Crippen LogP contribution is 2.31. The molecule has 0 aliphatic rings. The number of rotatable bonds is 6. The Morgan fingerprint density at radius 3 is 2.26 bits per heavy atom. The number of anilines is 1. The van der Waals surface area contributed by atoms with Gasteiger partial charge in [0.05, 0.1) is 0 Å². The summed E-state index contributed by atoms with van der Waals surface area (Å²) in [5.74, 6) is -1.14. The molecular weight excluding hydrogens is 440 g/mol. The fourth-order valence-corrected chi connectivity index (χ4v) is 4.21. The van der Waals surface area contributed by atoms with Crippen LogP contribution in [0.1, 0.15) is 35.0 Å². The van der Waals surface area contributed by atoms with Crippen molar-refractivity contribution in [2.45, 2.75) is 33.3 Å². The molecule has 0 radical (unpaired) electrons. The van der Waals surface area contributed by atoms with Crippen LogP contribution in [0.5, 0.6) is 0 Å². The van der Waals surface area contributed by atoms with Crippen LogP contribution in [-0.2, 0) is 16.6 Å². The minimum atomic E-state index is -1.02. The number of carbonyl (C=O) groups excluding carboxylic acids is 2. The van der Waals surface area contributed by atoms with Gasteiger partial charge in [-0.3, -0.25) is 9.59 Å². The quantitative estimate of drug-likeness (QED) is 0.385. The number of hydrogen-bond donors (Lipinski definition) is 1. The number of nitrogens with one attached hydrogen (secondary N) is 1. The monoisotopic (exact) mass is 468 g/mol. The molecule has 1 unspecified atom stereocenters. The average molecular weight is 469 g/mol. The molecule has 3 aromatic carbocycles. The van der Waals surface area contributed by atoms with Crippen molar-refractivity contribution in [3.05, 3.63) is 100.0 Å². The average Bonchev–Trinajstić information content (AvgIpc) is 2.87. The summed E-state index contributed by atoms with van der Waals surface area (Å²) in [4.78, 5) is 39.7. The van der Waals surface area contributed by atoms with Crippen molar-refractivity contribution in [2.75, 3.05) is 5.32 Å². The van der Waals surface area contributed by atoms with Crippen molar-refractivity contribution < 1.29 is 14.3 Å². The van der Waals surface area contributed by atoms with E-state index in [-0.39, 0.29) is 17.7 Å². The molecule has 0 saturated heterocycles. The molecule has 1 atom stereocenters. The van der Waals surface area contributed by atoms with Crippen LogP contribution in [-0.4, -0.2) is 22.5 Å². The third-order valence-electron chi connectivity index (χ3n) is 6.33. The first kappa shape index (κ1) is 24.0. The van der Waals surface area contributed by atoms with Crippen LogP contribution in [0.3, 0.4) is 0 Å². The number of amides is 1. The van der Waals surface area contributed by atoms with Crippen molar-refractivity contribution >= 4 is 28.3 Å². The Morgan fingerprint density at radius 2 is 1.57 bits per heavy atom. The fraction of sp³-hybridized carbons (Fsp3) is 0.207. The second kappa shape index (κ2) is 9.97. The molecular formula is C29H28N2O4. The van der Waals surface area contributed by atoms with E-state index >= 15 is 0 Å². The van der Waals surface area contributed by atoms with Gasteiger partial charge in [0.2, 0.25) is 0 Å². The lowest BCUT2D eigenvalue weighted by atomic mass is 9.97. The van der Waals surface area contributed by atoms with E-state index in [1.54, 1.807) is 26.1 Å². The number of ether oxygens (including phenoxy) is 1. The number of aryl methyl sites for hydroxylation is 1. The first-order valence-electron chi connectivity index (χ1n) is 11.6. The first-order chi connectivity index (χ1) is 16.8. The SMILES string of the molecule is CCC(OC(=O)c1c(-c2ccccc2)c2ccccc2c(=O)n1C)C(=O)Nc1cccc(C)c1C. The molecule has 6 heteroatoms. The molecule has 178 valence electrons. The van der Waals surface area contributed by atoms with E-state index in [2.05, 4.69) is 5.32 Å². The number of nitrogens with zero attached hydrogens (tertiary/aromatic N) is 1. The largest absolute Gasteiger partial charge is 0.448 e. The lowest BCUT2D eigenvalue weighted by molar-refractivity contribution is -0.124. The van der Waals surface area contributed by atoms with Gasteiger partial charge in [0.15, 0.2) is 6.10 Å². The van der Waals surface area contributed by atoms with Gasteiger partial charge in [-0.1, -0.05) is 67.6 Å². The van der Waals surface area contributed by atoms with Crippen molar-refractivity contribution in [3.8, 4) is 11.1 Å². The summed E-state index contributed by atoms with van der Waals surface area (Å²) in [6.07, 6.45) is -0.738. The number of fused-ring (bicyclic) bond motifs is 1. The van der Waals surface area contributed by atoms with E-state index in [0.717, 1.165) is 16.7 Å². The van der Waals surface area contributed by atoms with E-state index in [1.807, 2.05) is 74.5 Å². The molecule has 1 N–H and O–H groups in total. The number of benzene rings is 3. The molecule has 1 amide bonds. The molecule has 35 heavy (non-hydrogen) atoms. The number of carbonyl (C=O) groups is 2. The second-order valence-corrected chi connectivity index (χ2v) is 8.54. The van der Waals surface area contributed by atoms with Crippen molar-refractivity contribution in [1.29, 1.82) is 0 Å². The maximum atomic E-state index is 13.5. The molecule has 0 aliphatic carbocycles. The zero-order chi connectivity index (χ0) is 25.1. The summed E-state index contributed by atoms with van der Waals surface area (Å²) in [7, 11) is 1.55. The normalized spacial score (nSPS) is 11.8. The summed E-state index contributed by atoms with van der Waals surface area (Å²) in [5, 5.41) is 4.04. The van der Waals surface area contributed by atoms with Crippen molar-refractivity contribution in [3.63, 3.8) is 0 Å². The molecule has 0 saturated carbocycles. The first-order valence-corrected chi connectivity index (χ1v) is 11.6. The third-order valence-corrected chi connectivity index (χ3v) is 6.33. The van der Waals surface area contributed by atoms with Gasteiger partial charge >= 0.3 is 5.97 Å². The molecule has 0 fully saturated rings. The molecule has 0 spiro atoms. The van der Waals surface area contributed by atoms with Crippen molar-refractivity contribution in [1.82, 2.24) is 4.57 Å². The Balaban J connectivity index is 1.75. The number of pyridine rings is 1. The van der Waals surface area contributed by atoms with Gasteiger partial charge in [0, 0.05) is 23.7 Å². The standard InChI is InChI=1S/C29H28N2O4/c1-5-24(27(32)30-23-17-11-12-18(2)19(23)3)35-29(34)26-25(20-13-7-6-8-14-20)21-15-9-10-16-22(21)28(33)31(26)4/h6-17,24H,5H2,1-4H3,(H,30,32). The number of hydrogen-bond acceptors (Lipinski definition) is 4. The summed E-state index contributed by atoms with van der Waals surface area (Å²) in [5.41, 5.74) is 3.85. The maximum Gasteiger partial charge on any atom is 0.356 e. The molecule has 6 nitrogen and oxygen atoms in total. The van der Waals surface area contributed by atoms with Gasteiger partial charge < -0.3 is 14.6 Å². The van der Waals surface area contributed by atoms with Crippen LogP contribution in [0.2, 0.25) is 0 Å². The third kappa shape index (κ3) is 4.60. The zero-order valence-corrected chi connectivity index (χ0v) is 20.3. The summed E-state index contributed by atoms with van der Waals surface area (Å²) >= 11 is 0. The molecule has 4 rings (SSSR count). The smallest absolute Gasteiger partial charge is 0.356 e. The van der Waals surface area contributed by atoms with E-state index < -0.39 is 18.0 Å². The predicted molar refractivity (Wildman–Crippen MR) is 139 cm³/mol. The van der Waals surface area contributed by atoms with Gasteiger partial charge in [-0.25, -0.2) is 4.79 Å². The Kier molecular flexibility index (Phi) is 6.82. The highest BCUT2D eigenvalue weighted by atomic mass is 16.5. The predicted octanol–water partition coefficient (Wildman–Crippen LogP) is 5.40. The Labute approximate surface area is 204 Å². The van der Waals surface area contributed by atoms with Gasteiger partial charge in [0.1, 0.15) is 5.69 Å². The maximum absolute atomic E-state index is 13.5.